The first kappa shape index (κ1) is 17.7. The van der Waals surface area contributed by atoms with Crippen molar-refractivity contribution in [3.63, 3.8) is 0 Å². The zero-order valence-electron chi connectivity index (χ0n) is 15.3. The summed E-state index contributed by atoms with van der Waals surface area (Å²) in [5.41, 5.74) is 6.80. The molecule has 3 aromatic rings. The van der Waals surface area contributed by atoms with Gasteiger partial charge >= 0.3 is 0 Å². The number of hydrazone groups is 1. The average Bonchev–Trinajstić information content (AvgIpc) is 2.89. The van der Waals surface area contributed by atoms with Crippen LogP contribution >= 0.6 is 0 Å². The van der Waals surface area contributed by atoms with Gasteiger partial charge in [0.1, 0.15) is 5.75 Å². The van der Waals surface area contributed by atoms with Crippen molar-refractivity contribution in [3.05, 3.63) is 65.4 Å². The van der Waals surface area contributed by atoms with Gasteiger partial charge in [-0.15, -0.1) is 0 Å². The first-order valence-electron chi connectivity index (χ1n) is 8.67. The maximum atomic E-state index is 12.1. The lowest BCUT2D eigenvalue weighted by Gasteiger charge is -2.04. The molecule has 5 nitrogen and oxygen atoms in total. The zero-order chi connectivity index (χ0) is 18.5. The molecule has 0 spiro atoms. The van der Waals surface area contributed by atoms with Crippen LogP contribution in [0.15, 0.2) is 53.6 Å². The van der Waals surface area contributed by atoms with Crippen LogP contribution in [0.3, 0.4) is 0 Å². The number of nitrogens with zero attached hydrogens (tertiary/aromatic N) is 2. The molecule has 134 valence electrons. The summed E-state index contributed by atoms with van der Waals surface area (Å²) in [4.78, 5) is 12.1. The lowest BCUT2D eigenvalue weighted by Crippen LogP contribution is -2.19. The highest BCUT2D eigenvalue weighted by Gasteiger charge is 2.09. The van der Waals surface area contributed by atoms with E-state index in [1.807, 2.05) is 57.3 Å². The van der Waals surface area contributed by atoms with E-state index in [2.05, 4.69) is 27.2 Å². The number of carbonyl (C=O) groups excluding carboxylic acids is 1. The average molecular weight is 349 g/mol. The monoisotopic (exact) mass is 349 g/mol. The van der Waals surface area contributed by atoms with Gasteiger partial charge in [-0.25, -0.2) is 5.43 Å². The molecule has 1 N–H and O–H groups in total. The molecule has 26 heavy (non-hydrogen) atoms. The Bertz CT molecular complexity index is 940. The zero-order valence-corrected chi connectivity index (χ0v) is 15.3. The van der Waals surface area contributed by atoms with Gasteiger partial charge in [-0.3, -0.25) is 4.79 Å². The second-order valence-corrected chi connectivity index (χ2v) is 6.12. The number of hydrogen-bond acceptors (Lipinski definition) is 3. The van der Waals surface area contributed by atoms with Crippen LogP contribution in [0.25, 0.3) is 10.9 Å². The number of benzene rings is 2. The molecule has 0 bridgehead atoms. The summed E-state index contributed by atoms with van der Waals surface area (Å²) < 4.78 is 7.53. The summed E-state index contributed by atoms with van der Waals surface area (Å²) in [5, 5.41) is 5.27. The molecule has 1 heterocycles. The van der Waals surface area contributed by atoms with E-state index >= 15 is 0 Å². The van der Waals surface area contributed by atoms with Gasteiger partial charge in [0.25, 0.3) is 0 Å². The minimum Gasteiger partial charge on any atom is -0.494 e. The number of ether oxygens (including phenoxy) is 1. The minimum atomic E-state index is -0.150. The predicted octanol–water partition coefficient (Wildman–Crippen LogP) is 3.58. The van der Waals surface area contributed by atoms with Crippen molar-refractivity contribution in [2.45, 2.75) is 20.3 Å². The quantitative estimate of drug-likeness (QED) is 0.546. The number of hydrogen-bond donors (Lipinski definition) is 1. The summed E-state index contributed by atoms with van der Waals surface area (Å²) in [6.07, 6.45) is 1.99. The lowest BCUT2D eigenvalue weighted by atomic mass is 10.1. The molecular formula is C21H23N3O2. The van der Waals surface area contributed by atoms with E-state index in [4.69, 9.17) is 4.74 Å². The largest absolute Gasteiger partial charge is 0.494 e. The highest BCUT2D eigenvalue weighted by Crippen LogP contribution is 2.23. The fourth-order valence-electron chi connectivity index (χ4n) is 2.98. The number of carbonyl (C=O) groups is 1. The molecule has 0 aliphatic heterocycles. The highest BCUT2D eigenvalue weighted by molar-refractivity contribution is 6.01. The van der Waals surface area contributed by atoms with Crippen molar-refractivity contribution in [1.82, 2.24) is 9.99 Å². The van der Waals surface area contributed by atoms with Crippen molar-refractivity contribution in [2.75, 3.05) is 6.61 Å². The van der Waals surface area contributed by atoms with Crippen LogP contribution in [-0.4, -0.2) is 23.3 Å². The van der Waals surface area contributed by atoms with Gasteiger partial charge in [0, 0.05) is 29.2 Å². The van der Waals surface area contributed by atoms with Crippen molar-refractivity contribution in [1.29, 1.82) is 0 Å². The molecule has 0 saturated carbocycles. The molecule has 2 aromatic carbocycles. The van der Waals surface area contributed by atoms with Gasteiger partial charge in [-0.1, -0.05) is 30.3 Å². The van der Waals surface area contributed by atoms with E-state index in [9.17, 15) is 4.79 Å². The van der Waals surface area contributed by atoms with Crippen molar-refractivity contribution < 1.29 is 9.53 Å². The number of amides is 1. The van der Waals surface area contributed by atoms with Crippen LogP contribution in [0, 0.1) is 6.92 Å². The second kappa shape index (κ2) is 7.87. The summed E-state index contributed by atoms with van der Waals surface area (Å²) in [5.74, 6) is 0.657. The standard InChI is InChI=1S/C21H23N3O2/c1-4-26-17-11-9-16(10-12-17)13-21(25)23-22-14-19-15(2)24(3)20-8-6-5-7-18(19)20/h5-12,14H,4,13H2,1-3H3,(H,23,25)/b22-14-. The first-order chi connectivity index (χ1) is 12.6. The molecule has 3 rings (SSSR count). The van der Waals surface area contributed by atoms with E-state index in [-0.39, 0.29) is 12.3 Å². The minimum absolute atomic E-state index is 0.150. The number of fused-ring (bicyclic) bond motifs is 1. The molecule has 0 aliphatic rings. The molecule has 0 unspecified atom stereocenters. The molecule has 0 radical (unpaired) electrons. The normalized spacial score (nSPS) is 11.2. The van der Waals surface area contributed by atoms with E-state index in [0.717, 1.165) is 33.5 Å². The van der Waals surface area contributed by atoms with Gasteiger partial charge in [0.05, 0.1) is 19.2 Å². The Kier molecular flexibility index (Phi) is 5.37. The Morgan fingerprint density at radius 2 is 1.92 bits per heavy atom. The number of aromatic nitrogens is 1. The summed E-state index contributed by atoms with van der Waals surface area (Å²) >= 11 is 0. The van der Waals surface area contributed by atoms with Crippen LogP contribution in [0.2, 0.25) is 0 Å². The van der Waals surface area contributed by atoms with Crippen LogP contribution in [0.4, 0.5) is 0 Å². The Morgan fingerprint density at radius 1 is 1.19 bits per heavy atom. The number of para-hydroxylation sites is 1. The lowest BCUT2D eigenvalue weighted by molar-refractivity contribution is -0.120. The SMILES string of the molecule is CCOc1ccc(CC(=O)N/N=C\c2c(C)n(C)c3ccccc23)cc1. The second-order valence-electron chi connectivity index (χ2n) is 6.12. The van der Waals surface area contributed by atoms with E-state index in [1.54, 1.807) is 6.21 Å². The van der Waals surface area contributed by atoms with Gasteiger partial charge in [-0.2, -0.15) is 5.10 Å². The number of nitrogens with one attached hydrogen (secondary N) is 1. The van der Waals surface area contributed by atoms with Gasteiger partial charge in [0.2, 0.25) is 5.91 Å². The van der Waals surface area contributed by atoms with Gasteiger partial charge < -0.3 is 9.30 Å². The third-order valence-electron chi connectivity index (χ3n) is 4.43. The Labute approximate surface area is 153 Å². The van der Waals surface area contributed by atoms with Crippen molar-refractivity contribution >= 4 is 23.0 Å². The van der Waals surface area contributed by atoms with Gasteiger partial charge in [-0.05, 0) is 37.6 Å². The van der Waals surface area contributed by atoms with Gasteiger partial charge in [0.15, 0.2) is 0 Å². The summed E-state index contributed by atoms with van der Waals surface area (Å²) in [6, 6.07) is 15.7. The smallest absolute Gasteiger partial charge is 0.244 e. The first-order valence-corrected chi connectivity index (χ1v) is 8.67. The van der Waals surface area contributed by atoms with Crippen LogP contribution < -0.4 is 10.2 Å². The molecule has 1 amide bonds. The third kappa shape index (κ3) is 3.77. The Morgan fingerprint density at radius 3 is 2.65 bits per heavy atom. The van der Waals surface area contributed by atoms with E-state index < -0.39 is 0 Å². The Balaban J connectivity index is 1.65. The van der Waals surface area contributed by atoms with E-state index in [0.29, 0.717) is 6.61 Å². The highest BCUT2D eigenvalue weighted by atomic mass is 16.5. The van der Waals surface area contributed by atoms with Crippen molar-refractivity contribution in [2.24, 2.45) is 12.1 Å². The maximum Gasteiger partial charge on any atom is 0.244 e. The molecule has 0 atom stereocenters. The molecule has 0 aliphatic carbocycles. The summed E-state index contributed by atoms with van der Waals surface area (Å²) in [6.45, 7) is 4.61. The Hall–Kier alpha value is -3.08. The van der Waals surface area contributed by atoms with Crippen LogP contribution in [0.5, 0.6) is 5.75 Å². The van der Waals surface area contributed by atoms with Crippen LogP contribution in [-0.2, 0) is 18.3 Å². The molecular weight excluding hydrogens is 326 g/mol. The topological polar surface area (TPSA) is 55.6 Å². The molecule has 5 heteroatoms. The van der Waals surface area contributed by atoms with Crippen molar-refractivity contribution in [3.8, 4) is 5.75 Å². The fourth-order valence-corrected chi connectivity index (χ4v) is 2.98. The molecule has 1 aromatic heterocycles. The predicted molar refractivity (Wildman–Crippen MR) is 105 cm³/mol. The van der Waals surface area contributed by atoms with Crippen LogP contribution in [0.1, 0.15) is 23.7 Å². The third-order valence-corrected chi connectivity index (χ3v) is 4.43. The summed E-state index contributed by atoms with van der Waals surface area (Å²) in [7, 11) is 2.03. The number of aryl methyl sites for hydroxylation is 1. The fraction of sp³-hybridized carbons (Fsp3) is 0.238. The molecule has 0 fully saturated rings. The molecule has 0 saturated heterocycles. The maximum absolute atomic E-state index is 12.1. The van der Waals surface area contributed by atoms with E-state index in [1.165, 1.54) is 0 Å². The number of rotatable bonds is 6.